The van der Waals surface area contributed by atoms with Gasteiger partial charge in [0, 0.05) is 25.2 Å². The van der Waals surface area contributed by atoms with Crippen LogP contribution in [0.15, 0.2) is 18.2 Å². The van der Waals surface area contributed by atoms with Crippen molar-refractivity contribution >= 4 is 0 Å². The second kappa shape index (κ2) is 7.49. The van der Waals surface area contributed by atoms with Crippen LogP contribution in [0.1, 0.15) is 46.0 Å². The first-order valence-electron chi connectivity index (χ1n) is 6.95. The molecule has 0 aliphatic heterocycles. The zero-order valence-electron chi connectivity index (χ0n) is 12.4. The zero-order valence-corrected chi connectivity index (χ0v) is 12.4. The van der Waals surface area contributed by atoms with Gasteiger partial charge in [-0.05, 0) is 32.5 Å². The minimum absolute atomic E-state index is 0.498. The molecule has 18 heavy (non-hydrogen) atoms. The molecular weight excluding hydrogens is 222 g/mol. The van der Waals surface area contributed by atoms with Crippen molar-refractivity contribution in [2.24, 2.45) is 0 Å². The highest BCUT2D eigenvalue weighted by Gasteiger charge is 2.08. The highest BCUT2D eigenvalue weighted by Crippen LogP contribution is 2.07. The molecule has 1 N–H and O–H groups in total. The first kappa shape index (κ1) is 15.1. The Labute approximate surface area is 112 Å². The predicted molar refractivity (Wildman–Crippen MR) is 77.4 cm³/mol. The molecule has 0 fully saturated rings. The van der Waals surface area contributed by atoms with Crippen molar-refractivity contribution in [2.45, 2.75) is 59.8 Å². The van der Waals surface area contributed by atoms with Gasteiger partial charge in [-0.2, -0.15) is 0 Å². The Bertz CT molecular complexity index is 347. The SMILES string of the molecule is CCN(Cc1cccc(CNC(C)C)n1)C(C)C. The van der Waals surface area contributed by atoms with E-state index in [9.17, 15) is 0 Å². The van der Waals surface area contributed by atoms with Gasteiger partial charge in [0.25, 0.3) is 0 Å². The Morgan fingerprint density at radius 1 is 1.17 bits per heavy atom. The normalized spacial score (nSPS) is 11.8. The number of rotatable bonds is 7. The largest absolute Gasteiger partial charge is 0.309 e. The van der Waals surface area contributed by atoms with Crippen molar-refractivity contribution in [3.8, 4) is 0 Å². The molecule has 0 saturated heterocycles. The van der Waals surface area contributed by atoms with Gasteiger partial charge in [0.2, 0.25) is 0 Å². The maximum Gasteiger partial charge on any atom is 0.0547 e. The monoisotopic (exact) mass is 249 g/mol. The number of hydrogen-bond donors (Lipinski definition) is 1. The van der Waals surface area contributed by atoms with Crippen molar-refractivity contribution in [1.29, 1.82) is 0 Å². The molecule has 0 bridgehead atoms. The third-order valence-corrected chi connectivity index (χ3v) is 3.06. The standard InChI is InChI=1S/C15H27N3/c1-6-18(13(4)5)11-15-9-7-8-14(17-15)10-16-12(2)3/h7-9,12-13,16H,6,10-11H2,1-5H3. The van der Waals surface area contributed by atoms with Gasteiger partial charge in [0.1, 0.15) is 0 Å². The zero-order chi connectivity index (χ0) is 13.5. The van der Waals surface area contributed by atoms with Gasteiger partial charge in [0.15, 0.2) is 0 Å². The second-order valence-electron chi connectivity index (χ2n) is 5.31. The average Bonchev–Trinajstić information content (AvgIpc) is 2.33. The van der Waals surface area contributed by atoms with Gasteiger partial charge in [0.05, 0.1) is 11.4 Å². The summed E-state index contributed by atoms with van der Waals surface area (Å²) in [5.41, 5.74) is 2.29. The fourth-order valence-corrected chi connectivity index (χ4v) is 1.89. The first-order valence-corrected chi connectivity index (χ1v) is 6.95. The van der Waals surface area contributed by atoms with E-state index in [1.165, 1.54) is 0 Å². The lowest BCUT2D eigenvalue weighted by Gasteiger charge is -2.24. The number of nitrogens with zero attached hydrogens (tertiary/aromatic N) is 2. The Morgan fingerprint density at radius 2 is 1.83 bits per heavy atom. The highest BCUT2D eigenvalue weighted by atomic mass is 15.1. The summed E-state index contributed by atoms with van der Waals surface area (Å²) in [5.74, 6) is 0. The first-order chi connectivity index (χ1) is 8.52. The van der Waals surface area contributed by atoms with Crippen LogP contribution in [0.4, 0.5) is 0 Å². The summed E-state index contributed by atoms with van der Waals surface area (Å²) >= 11 is 0. The van der Waals surface area contributed by atoms with E-state index in [0.29, 0.717) is 12.1 Å². The fourth-order valence-electron chi connectivity index (χ4n) is 1.89. The second-order valence-corrected chi connectivity index (χ2v) is 5.31. The molecule has 0 radical (unpaired) electrons. The van der Waals surface area contributed by atoms with Crippen LogP contribution in [0, 0.1) is 0 Å². The van der Waals surface area contributed by atoms with Crippen molar-refractivity contribution in [1.82, 2.24) is 15.2 Å². The summed E-state index contributed by atoms with van der Waals surface area (Å²) in [6.07, 6.45) is 0. The molecule has 3 nitrogen and oxygen atoms in total. The van der Waals surface area contributed by atoms with Crippen LogP contribution < -0.4 is 5.32 Å². The Kier molecular flexibility index (Phi) is 6.30. The third kappa shape index (κ3) is 5.15. The van der Waals surface area contributed by atoms with E-state index in [1.54, 1.807) is 0 Å². The molecule has 0 unspecified atom stereocenters. The van der Waals surface area contributed by atoms with Crippen LogP contribution in [0.25, 0.3) is 0 Å². The van der Waals surface area contributed by atoms with Gasteiger partial charge in [-0.3, -0.25) is 9.88 Å². The summed E-state index contributed by atoms with van der Waals surface area (Å²) in [6, 6.07) is 7.37. The molecule has 102 valence electrons. The van der Waals surface area contributed by atoms with Crippen LogP contribution in [-0.4, -0.2) is 28.5 Å². The molecule has 0 aliphatic rings. The summed E-state index contributed by atoms with van der Waals surface area (Å²) in [7, 11) is 0. The molecule has 0 amide bonds. The Hall–Kier alpha value is -0.930. The third-order valence-electron chi connectivity index (χ3n) is 3.06. The minimum atomic E-state index is 0.498. The summed E-state index contributed by atoms with van der Waals surface area (Å²) < 4.78 is 0. The molecule has 0 atom stereocenters. The molecule has 0 aliphatic carbocycles. The lowest BCUT2D eigenvalue weighted by molar-refractivity contribution is 0.222. The highest BCUT2D eigenvalue weighted by molar-refractivity contribution is 5.11. The lowest BCUT2D eigenvalue weighted by atomic mass is 10.2. The minimum Gasteiger partial charge on any atom is -0.309 e. The van der Waals surface area contributed by atoms with Crippen molar-refractivity contribution in [3.63, 3.8) is 0 Å². The predicted octanol–water partition coefficient (Wildman–Crippen LogP) is 2.81. The van der Waals surface area contributed by atoms with E-state index < -0.39 is 0 Å². The molecule has 0 saturated carbocycles. The maximum absolute atomic E-state index is 4.71. The number of aromatic nitrogens is 1. The van der Waals surface area contributed by atoms with E-state index in [-0.39, 0.29) is 0 Å². The lowest BCUT2D eigenvalue weighted by Crippen LogP contribution is -2.30. The van der Waals surface area contributed by atoms with Crippen LogP contribution in [0.5, 0.6) is 0 Å². The summed E-state index contributed by atoms with van der Waals surface area (Å²) in [4.78, 5) is 7.13. The number of hydrogen-bond acceptors (Lipinski definition) is 3. The molecular formula is C15H27N3. The van der Waals surface area contributed by atoms with E-state index in [4.69, 9.17) is 4.98 Å². The van der Waals surface area contributed by atoms with Crippen LogP contribution >= 0.6 is 0 Å². The van der Waals surface area contributed by atoms with E-state index in [1.807, 2.05) is 0 Å². The van der Waals surface area contributed by atoms with Crippen LogP contribution in [0.3, 0.4) is 0 Å². The van der Waals surface area contributed by atoms with Gasteiger partial charge in [-0.1, -0.05) is 26.8 Å². The van der Waals surface area contributed by atoms with Crippen molar-refractivity contribution in [2.75, 3.05) is 6.54 Å². The molecule has 0 spiro atoms. The maximum atomic E-state index is 4.71. The van der Waals surface area contributed by atoms with Crippen molar-refractivity contribution in [3.05, 3.63) is 29.6 Å². The van der Waals surface area contributed by atoms with E-state index >= 15 is 0 Å². The Morgan fingerprint density at radius 3 is 2.39 bits per heavy atom. The molecule has 0 aromatic carbocycles. The fraction of sp³-hybridized carbons (Fsp3) is 0.667. The Balaban J connectivity index is 2.63. The molecule has 1 rings (SSSR count). The average molecular weight is 249 g/mol. The topological polar surface area (TPSA) is 28.2 Å². The molecule has 1 aromatic heterocycles. The number of pyridine rings is 1. The molecule has 1 heterocycles. The number of nitrogens with one attached hydrogen (secondary N) is 1. The van der Waals surface area contributed by atoms with Crippen molar-refractivity contribution < 1.29 is 0 Å². The molecule has 3 heteroatoms. The van der Waals surface area contributed by atoms with Gasteiger partial charge in [-0.25, -0.2) is 0 Å². The van der Waals surface area contributed by atoms with Crippen LogP contribution in [-0.2, 0) is 13.1 Å². The van der Waals surface area contributed by atoms with Gasteiger partial charge in [-0.15, -0.1) is 0 Å². The van der Waals surface area contributed by atoms with Gasteiger partial charge < -0.3 is 5.32 Å². The van der Waals surface area contributed by atoms with E-state index in [0.717, 1.165) is 31.0 Å². The van der Waals surface area contributed by atoms with Gasteiger partial charge >= 0.3 is 0 Å². The van der Waals surface area contributed by atoms with E-state index in [2.05, 4.69) is 63.0 Å². The smallest absolute Gasteiger partial charge is 0.0547 e. The quantitative estimate of drug-likeness (QED) is 0.805. The summed E-state index contributed by atoms with van der Waals surface area (Å²) in [6.45, 7) is 13.8. The summed E-state index contributed by atoms with van der Waals surface area (Å²) in [5, 5.41) is 3.40. The van der Waals surface area contributed by atoms with Crippen LogP contribution in [0.2, 0.25) is 0 Å². The molecule has 1 aromatic rings.